The Hall–Kier alpha value is -2.90. The predicted octanol–water partition coefficient (Wildman–Crippen LogP) is 1.22. The molecule has 0 unspecified atom stereocenters. The van der Waals surface area contributed by atoms with E-state index in [2.05, 4.69) is 20.2 Å². The largest absolute Gasteiger partial charge is 0.422 e. The molecule has 1 amide bonds. The number of carbonyl (C=O) groups is 1. The van der Waals surface area contributed by atoms with Crippen LogP contribution in [0.5, 0.6) is 0 Å². The molecule has 0 bridgehead atoms. The van der Waals surface area contributed by atoms with Gasteiger partial charge in [-0.15, -0.1) is 0 Å². The van der Waals surface area contributed by atoms with Crippen LogP contribution in [0, 0.1) is 6.92 Å². The van der Waals surface area contributed by atoms with Gasteiger partial charge >= 0.3 is 0 Å². The van der Waals surface area contributed by atoms with Gasteiger partial charge in [-0.2, -0.15) is 10.1 Å². The smallest absolute Gasteiger partial charge is 0.300 e. The number of aryl methyl sites for hydroxylation is 1. The lowest BCUT2D eigenvalue weighted by Gasteiger charge is -2.33. The molecule has 1 N–H and O–H groups in total. The SMILES string of the molecule is Cc1ccc2oc(N3CCN(C(=O)c4cn[nH]c4)CC3)nc2n1. The quantitative estimate of drug-likeness (QED) is 0.765. The number of anilines is 1. The molecular weight excluding hydrogens is 296 g/mol. The van der Waals surface area contributed by atoms with Gasteiger partial charge in [-0.05, 0) is 19.1 Å². The third-order valence-corrected chi connectivity index (χ3v) is 3.96. The van der Waals surface area contributed by atoms with Crippen molar-refractivity contribution in [2.24, 2.45) is 0 Å². The van der Waals surface area contributed by atoms with Crippen molar-refractivity contribution in [3.63, 3.8) is 0 Å². The standard InChI is InChI=1S/C15H16N6O2/c1-10-2-3-12-13(18-10)19-15(23-12)21-6-4-20(5-7-21)14(22)11-8-16-17-9-11/h2-3,8-9H,4-7H2,1H3,(H,16,17). The van der Waals surface area contributed by atoms with Crippen molar-refractivity contribution >= 4 is 23.2 Å². The van der Waals surface area contributed by atoms with Crippen molar-refractivity contribution in [3.05, 3.63) is 35.8 Å². The molecule has 23 heavy (non-hydrogen) atoms. The van der Waals surface area contributed by atoms with Crippen molar-refractivity contribution in [1.82, 2.24) is 25.1 Å². The number of rotatable bonds is 2. The van der Waals surface area contributed by atoms with E-state index in [-0.39, 0.29) is 5.91 Å². The molecule has 4 rings (SSSR count). The normalized spacial score (nSPS) is 15.3. The topological polar surface area (TPSA) is 91.2 Å². The Bertz CT molecular complexity index is 833. The second-order valence-corrected chi connectivity index (χ2v) is 5.54. The number of aromatic nitrogens is 4. The maximum Gasteiger partial charge on any atom is 0.300 e. The van der Waals surface area contributed by atoms with Crippen LogP contribution in [0.4, 0.5) is 6.01 Å². The Labute approximate surface area is 132 Å². The first-order chi connectivity index (χ1) is 11.2. The highest BCUT2D eigenvalue weighted by Crippen LogP contribution is 2.22. The lowest BCUT2D eigenvalue weighted by molar-refractivity contribution is 0.0745. The van der Waals surface area contributed by atoms with Crippen molar-refractivity contribution in [2.45, 2.75) is 6.92 Å². The molecule has 0 saturated carbocycles. The van der Waals surface area contributed by atoms with Crippen LogP contribution in [0.1, 0.15) is 16.1 Å². The summed E-state index contributed by atoms with van der Waals surface area (Å²) < 4.78 is 5.76. The van der Waals surface area contributed by atoms with Gasteiger partial charge in [0.25, 0.3) is 11.9 Å². The first-order valence-electron chi connectivity index (χ1n) is 7.48. The van der Waals surface area contributed by atoms with E-state index in [0.717, 1.165) is 5.69 Å². The fourth-order valence-electron chi connectivity index (χ4n) is 2.69. The number of fused-ring (bicyclic) bond motifs is 1. The van der Waals surface area contributed by atoms with E-state index in [0.29, 0.717) is 49.0 Å². The van der Waals surface area contributed by atoms with E-state index in [4.69, 9.17) is 4.42 Å². The summed E-state index contributed by atoms with van der Waals surface area (Å²) >= 11 is 0. The summed E-state index contributed by atoms with van der Waals surface area (Å²) in [6.07, 6.45) is 3.16. The molecule has 0 radical (unpaired) electrons. The third kappa shape index (κ3) is 2.52. The number of nitrogens with zero attached hydrogens (tertiary/aromatic N) is 5. The maximum absolute atomic E-state index is 12.3. The number of aromatic amines is 1. The van der Waals surface area contributed by atoms with Crippen LogP contribution in [0.3, 0.4) is 0 Å². The molecule has 4 heterocycles. The maximum atomic E-state index is 12.3. The fraction of sp³-hybridized carbons (Fsp3) is 0.333. The van der Waals surface area contributed by atoms with Gasteiger partial charge < -0.3 is 14.2 Å². The van der Waals surface area contributed by atoms with E-state index in [1.54, 1.807) is 12.4 Å². The molecule has 1 aliphatic heterocycles. The summed E-state index contributed by atoms with van der Waals surface area (Å²) in [6.45, 7) is 4.52. The predicted molar refractivity (Wildman–Crippen MR) is 83.2 cm³/mol. The van der Waals surface area contributed by atoms with E-state index in [1.807, 2.05) is 28.9 Å². The second kappa shape index (κ2) is 5.38. The van der Waals surface area contributed by atoms with Gasteiger partial charge in [0, 0.05) is 38.1 Å². The Balaban J connectivity index is 1.47. The third-order valence-electron chi connectivity index (χ3n) is 3.96. The summed E-state index contributed by atoms with van der Waals surface area (Å²) in [4.78, 5) is 24.9. The first kappa shape index (κ1) is 13.7. The first-order valence-corrected chi connectivity index (χ1v) is 7.48. The molecule has 0 atom stereocenters. The molecule has 8 nitrogen and oxygen atoms in total. The number of hydrogen-bond donors (Lipinski definition) is 1. The average molecular weight is 312 g/mol. The van der Waals surface area contributed by atoms with Crippen molar-refractivity contribution in [3.8, 4) is 0 Å². The number of nitrogens with one attached hydrogen (secondary N) is 1. The highest BCUT2D eigenvalue weighted by molar-refractivity contribution is 5.93. The molecule has 1 saturated heterocycles. The summed E-state index contributed by atoms with van der Waals surface area (Å²) in [7, 11) is 0. The van der Waals surface area contributed by atoms with Crippen LogP contribution >= 0.6 is 0 Å². The summed E-state index contributed by atoms with van der Waals surface area (Å²) in [6, 6.07) is 4.35. The number of oxazole rings is 1. The molecule has 1 aliphatic rings. The monoisotopic (exact) mass is 312 g/mol. The minimum Gasteiger partial charge on any atom is -0.422 e. The highest BCUT2D eigenvalue weighted by Gasteiger charge is 2.25. The summed E-state index contributed by atoms with van der Waals surface area (Å²) in [5, 5.41) is 6.48. The lowest BCUT2D eigenvalue weighted by Crippen LogP contribution is -2.48. The summed E-state index contributed by atoms with van der Waals surface area (Å²) in [5.74, 6) is -0.00624. The molecule has 118 valence electrons. The van der Waals surface area contributed by atoms with Crippen molar-refractivity contribution in [1.29, 1.82) is 0 Å². The molecular formula is C15H16N6O2. The van der Waals surface area contributed by atoms with Gasteiger partial charge in [-0.3, -0.25) is 9.89 Å². The van der Waals surface area contributed by atoms with Crippen LogP contribution in [0.25, 0.3) is 11.2 Å². The Morgan fingerprint density at radius 2 is 2.04 bits per heavy atom. The second-order valence-electron chi connectivity index (χ2n) is 5.54. The summed E-state index contributed by atoms with van der Waals surface area (Å²) in [5.41, 5.74) is 2.80. The zero-order valence-electron chi connectivity index (χ0n) is 12.7. The zero-order valence-corrected chi connectivity index (χ0v) is 12.7. The molecule has 0 spiro atoms. The van der Waals surface area contributed by atoms with Crippen molar-refractivity contribution < 1.29 is 9.21 Å². The van der Waals surface area contributed by atoms with Gasteiger partial charge in [0.2, 0.25) is 5.65 Å². The van der Waals surface area contributed by atoms with Gasteiger partial charge in [-0.1, -0.05) is 0 Å². The van der Waals surface area contributed by atoms with Gasteiger partial charge in [0.15, 0.2) is 5.58 Å². The minimum atomic E-state index is -0.00624. The van der Waals surface area contributed by atoms with Gasteiger partial charge in [0.1, 0.15) is 0 Å². The zero-order chi connectivity index (χ0) is 15.8. The van der Waals surface area contributed by atoms with Gasteiger partial charge in [-0.25, -0.2) is 4.98 Å². The molecule has 0 aliphatic carbocycles. The molecule has 8 heteroatoms. The van der Waals surface area contributed by atoms with Crippen LogP contribution in [0.2, 0.25) is 0 Å². The number of H-pyrrole nitrogens is 1. The number of carbonyl (C=O) groups excluding carboxylic acids is 1. The van der Waals surface area contributed by atoms with Crippen LogP contribution in [0.15, 0.2) is 28.9 Å². The van der Waals surface area contributed by atoms with Crippen LogP contribution < -0.4 is 4.90 Å². The van der Waals surface area contributed by atoms with E-state index >= 15 is 0 Å². The Morgan fingerprint density at radius 1 is 1.22 bits per heavy atom. The molecule has 3 aromatic rings. The Kier molecular flexibility index (Phi) is 3.22. The van der Waals surface area contributed by atoms with Gasteiger partial charge in [0.05, 0.1) is 11.8 Å². The van der Waals surface area contributed by atoms with E-state index in [9.17, 15) is 4.79 Å². The van der Waals surface area contributed by atoms with Crippen LogP contribution in [-0.4, -0.2) is 57.2 Å². The highest BCUT2D eigenvalue weighted by atomic mass is 16.4. The molecule has 0 aromatic carbocycles. The number of pyridine rings is 1. The minimum absolute atomic E-state index is 0.00624. The molecule has 3 aromatic heterocycles. The number of piperazine rings is 1. The van der Waals surface area contributed by atoms with E-state index < -0.39 is 0 Å². The lowest BCUT2D eigenvalue weighted by atomic mass is 10.2. The number of amides is 1. The van der Waals surface area contributed by atoms with E-state index in [1.165, 1.54) is 0 Å². The fourth-order valence-corrected chi connectivity index (χ4v) is 2.69. The molecule has 1 fully saturated rings. The van der Waals surface area contributed by atoms with Crippen molar-refractivity contribution in [2.75, 3.05) is 31.1 Å². The average Bonchev–Trinajstić information content (AvgIpc) is 3.23. The Morgan fingerprint density at radius 3 is 2.78 bits per heavy atom. The van der Waals surface area contributed by atoms with Crippen LogP contribution in [-0.2, 0) is 0 Å². The number of hydrogen-bond acceptors (Lipinski definition) is 6.